The van der Waals surface area contributed by atoms with E-state index in [2.05, 4.69) is 10.1 Å². The largest absolute Gasteiger partial charge is 0.493 e. The van der Waals surface area contributed by atoms with Crippen molar-refractivity contribution in [3.05, 3.63) is 57.3 Å². The Bertz CT molecular complexity index is 1310. The second-order valence-corrected chi connectivity index (χ2v) is 7.25. The molecule has 0 saturated carbocycles. The zero-order chi connectivity index (χ0) is 21.6. The first-order valence-electron chi connectivity index (χ1n) is 9.56. The number of aromatic nitrogens is 4. The molecule has 0 amide bonds. The van der Waals surface area contributed by atoms with E-state index in [1.54, 1.807) is 35.6 Å². The third-order valence-corrected chi connectivity index (χ3v) is 5.28. The summed E-state index contributed by atoms with van der Waals surface area (Å²) in [5.74, 6) is 2.33. The van der Waals surface area contributed by atoms with Gasteiger partial charge >= 0.3 is 0 Å². The van der Waals surface area contributed by atoms with Crippen LogP contribution in [0.4, 0.5) is 0 Å². The Morgan fingerprint density at radius 3 is 2.50 bits per heavy atom. The molecular formula is C22H24N4O4. The molecule has 0 unspecified atom stereocenters. The monoisotopic (exact) mass is 408 g/mol. The summed E-state index contributed by atoms with van der Waals surface area (Å²) in [4.78, 5) is 17.5. The average Bonchev–Trinajstić information content (AvgIpc) is 3.23. The summed E-state index contributed by atoms with van der Waals surface area (Å²) in [5, 5.41) is 5.48. The maximum absolute atomic E-state index is 12.8. The van der Waals surface area contributed by atoms with Crippen LogP contribution in [0.1, 0.15) is 22.7 Å². The van der Waals surface area contributed by atoms with E-state index in [1.165, 1.54) is 0 Å². The molecule has 0 bridgehead atoms. The van der Waals surface area contributed by atoms with Crippen molar-refractivity contribution in [2.45, 2.75) is 27.3 Å². The van der Waals surface area contributed by atoms with Crippen molar-refractivity contribution in [3.63, 3.8) is 0 Å². The highest BCUT2D eigenvalue weighted by Crippen LogP contribution is 2.32. The van der Waals surface area contributed by atoms with Crippen molar-refractivity contribution in [2.24, 2.45) is 7.05 Å². The fraction of sp³-hybridized carbons (Fsp3) is 0.318. The molecule has 3 aromatic heterocycles. The van der Waals surface area contributed by atoms with E-state index in [1.807, 2.05) is 40.0 Å². The normalized spacial score (nSPS) is 11.3. The van der Waals surface area contributed by atoms with Crippen LogP contribution >= 0.6 is 0 Å². The van der Waals surface area contributed by atoms with Crippen LogP contribution in [0.25, 0.3) is 22.5 Å². The number of rotatable bonds is 5. The summed E-state index contributed by atoms with van der Waals surface area (Å²) in [5.41, 5.74) is 3.93. The summed E-state index contributed by atoms with van der Waals surface area (Å²) in [6, 6.07) is 7.12. The Labute approximate surface area is 173 Å². The molecular weight excluding hydrogens is 384 g/mol. The highest BCUT2D eigenvalue weighted by Gasteiger charge is 2.18. The summed E-state index contributed by atoms with van der Waals surface area (Å²) in [6.07, 6.45) is 0. The third kappa shape index (κ3) is 3.14. The molecule has 4 rings (SSSR count). The van der Waals surface area contributed by atoms with Gasteiger partial charge < -0.3 is 13.9 Å². The lowest BCUT2D eigenvalue weighted by molar-refractivity contribution is 0.355. The summed E-state index contributed by atoms with van der Waals surface area (Å²) in [7, 11) is 5.01. The van der Waals surface area contributed by atoms with Gasteiger partial charge in [0, 0.05) is 24.1 Å². The molecule has 0 saturated heterocycles. The van der Waals surface area contributed by atoms with Crippen LogP contribution in [-0.4, -0.2) is 33.6 Å². The van der Waals surface area contributed by atoms with E-state index in [0.29, 0.717) is 28.8 Å². The molecule has 3 heterocycles. The molecule has 30 heavy (non-hydrogen) atoms. The predicted molar refractivity (Wildman–Crippen MR) is 113 cm³/mol. The van der Waals surface area contributed by atoms with E-state index in [-0.39, 0.29) is 12.1 Å². The first-order valence-corrected chi connectivity index (χ1v) is 9.56. The first kappa shape index (κ1) is 19.8. The topological polar surface area (TPSA) is 84.3 Å². The van der Waals surface area contributed by atoms with Crippen LogP contribution in [-0.2, 0) is 13.6 Å². The first-order chi connectivity index (χ1) is 14.3. The number of aryl methyl sites for hydroxylation is 4. The van der Waals surface area contributed by atoms with Gasteiger partial charge in [-0.25, -0.2) is 4.98 Å². The van der Waals surface area contributed by atoms with Crippen molar-refractivity contribution >= 4 is 11.0 Å². The lowest BCUT2D eigenvalue weighted by atomic mass is 10.1. The summed E-state index contributed by atoms with van der Waals surface area (Å²) in [6.45, 7) is 6.01. The highest BCUT2D eigenvalue weighted by atomic mass is 16.5. The Morgan fingerprint density at radius 1 is 1.07 bits per heavy atom. The molecule has 0 aliphatic rings. The van der Waals surface area contributed by atoms with Gasteiger partial charge in [0.2, 0.25) is 5.89 Å². The molecule has 0 aliphatic heterocycles. The molecule has 0 radical (unpaired) electrons. The van der Waals surface area contributed by atoms with E-state index in [4.69, 9.17) is 13.9 Å². The van der Waals surface area contributed by atoms with E-state index in [0.717, 1.165) is 27.9 Å². The van der Waals surface area contributed by atoms with Gasteiger partial charge in [0.25, 0.3) is 5.56 Å². The zero-order valence-electron chi connectivity index (χ0n) is 17.9. The van der Waals surface area contributed by atoms with Crippen LogP contribution in [0.3, 0.4) is 0 Å². The molecule has 4 aromatic rings. The van der Waals surface area contributed by atoms with Crippen LogP contribution in [0.15, 0.2) is 33.5 Å². The summed E-state index contributed by atoms with van der Waals surface area (Å²) < 4.78 is 20.0. The Morgan fingerprint density at radius 2 is 1.80 bits per heavy atom. The minimum absolute atomic E-state index is 0.0990. The van der Waals surface area contributed by atoms with Crippen LogP contribution in [0.5, 0.6) is 11.5 Å². The Balaban J connectivity index is 1.79. The maximum Gasteiger partial charge on any atom is 0.252 e. The SMILES string of the molecule is COc1ccc(-c2nc(Cn3c(=O)cc(C)c4c(C)nn(C)c43)c(C)o2)cc1OC. The molecule has 8 nitrogen and oxygen atoms in total. The second-order valence-electron chi connectivity index (χ2n) is 7.25. The fourth-order valence-corrected chi connectivity index (χ4v) is 3.83. The number of hydrogen-bond acceptors (Lipinski definition) is 6. The number of fused-ring (bicyclic) bond motifs is 1. The van der Waals surface area contributed by atoms with Gasteiger partial charge in [-0.05, 0) is 44.5 Å². The van der Waals surface area contributed by atoms with Crippen molar-refractivity contribution in [1.29, 1.82) is 0 Å². The van der Waals surface area contributed by atoms with Gasteiger partial charge in [-0.1, -0.05) is 0 Å². The van der Waals surface area contributed by atoms with Crippen molar-refractivity contribution < 1.29 is 13.9 Å². The lowest BCUT2D eigenvalue weighted by Crippen LogP contribution is -2.22. The number of benzene rings is 1. The molecule has 0 atom stereocenters. The molecule has 1 aromatic carbocycles. The number of pyridine rings is 1. The number of methoxy groups -OCH3 is 2. The molecule has 0 spiro atoms. The zero-order valence-corrected chi connectivity index (χ0v) is 17.9. The second kappa shape index (κ2) is 7.37. The molecule has 0 aliphatic carbocycles. The Kier molecular flexibility index (Phi) is 4.85. The van der Waals surface area contributed by atoms with Crippen molar-refractivity contribution in [1.82, 2.24) is 19.3 Å². The summed E-state index contributed by atoms with van der Waals surface area (Å²) >= 11 is 0. The number of hydrogen-bond donors (Lipinski definition) is 0. The molecule has 0 N–H and O–H groups in total. The van der Waals surface area contributed by atoms with Crippen LogP contribution < -0.4 is 15.0 Å². The van der Waals surface area contributed by atoms with Gasteiger partial charge in [-0.3, -0.25) is 14.0 Å². The smallest absolute Gasteiger partial charge is 0.252 e. The quantitative estimate of drug-likeness (QED) is 0.503. The van der Waals surface area contributed by atoms with E-state index >= 15 is 0 Å². The van der Waals surface area contributed by atoms with Crippen LogP contribution in [0.2, 0.25) is 0 Å². The predicted octanol–water partition coefficient (Wildman–Crippen LogP) is 3.38. The number of ether oxygens (including phenoxy) is 2. The highest BCUT2D eigenvalue weighted by molar-refractivity contribution is 5.82. The van der Waals surface area contributed by atoms with Crippen molar-refractivity contribution in [3.8, 4) is 23.0 Å². The van der Waals surface area contributed by atoms with Gasteiger partial charge in [0.15, 0.2) is 11.5 Å². The maximum atomic E-state index is 12.8. The minimum atomic E-state index is -0.0990. The van der Waals surface area contributed by atoms with E-state index in [9.17, 15) is 4.79 Å². The Hall–Kier alpha value is -3.55. The average molecular weight is 408 g/mol. The number of oxazole rings is 1. The molecule has 156 valence electrons. The van der Waals surface area contributed by atoms with Gasteiger partial charge in [-0.2, -0.15) is 5.10 Å². The number of nitrogens with zero attached hydrogens (tertiary/aromatic N) is 4. The van der Waals surface area contributed by atoms with Crippen LogP contribution in [0, 0.1) is 20.8 Å². The van der Waals surface area contributed by atoms with E-state index < -0.39 is 0 Å². The van der Waals surface area contributed by atoms with Gasteiger partial charge in [-0.15, -0.1) is 0 Å². The standard InChI is InChI=1S/C22H24N4O4/c1-12-9-19(27)26(22-20(12)13(2)24-25(22)4)11-16-14(3)30-21(23-16)15-7-8-17(28-5)18(10-15)29-6/h7-10H,11H2,1-6H3. The third-order valence-electron chi connectivity index (χ3n) is 5.28. The van der Waals surface area contributed by atoms with Crippen molar-refractivity contribution in [2.75, 3.05) is 14.2 Å². The lowest BCUT2D eigenvalue weighted by Gasteiger charge is -2.09. The molecule has 8 heteroatoms. The minimum Gasteiger partial charge on any atom is -0.493 e. The van der Waals surface area contributed by atoms with Gasteiger partial charge in [0.05, 0.1) is 26.5 Å². The van der Waals surface area contributed by atoms with Gasteiger partial charge in [0.1, 0.15) is 17.1 Å². The fourth-order valence-electron chi connectivity index (χ4n) is 3.83. The molecule has 0 fully saturated rings.